The molecule has 1 unspecified atom stereocenters. The van der Waals surface area contributed by atoms with Crippen LogP contribution in [0, 0.1) is 0 Å². The Kier molecular flexibility index (Phi) is 4.70. The molecule has 1 aromatic heterocycles. The average Bonchev–Trinajstić information content (AvgIpc) is 2.41. The smallest absolute Gasteiger partial charge is 0.228 e. The molecule has 2 heterocycles. The number of aromatic nitrogens is 1. The van der Waals surface area contributed by atoms with Crippen molar-refractivity contribution < 1.29 is 9.90 Å². The highest BCUT2D eigenvalue weighted by Crippen LogP contribution is 2.20. The van der Waals surface area contributed by atoms with E-state index in [-0.39, 0.29) is 18.6 Å². The zero-order chi connectivity index (χ0) is 12.8. The van der Waals surface area contributed by atoms with Crippen molar-refractivity contribution in [3.63, 3.8) is 0 Å². The number of amides is 1. The summed E-state index contributed by atoms with van der Waals surface area (Å²) in [6.07, 6.45) is 5.99. The minimum Gasteiger partial charge on any atom is -0.396 e. The van der Waals surface area contributed by atoms with Gasteiger partial charge in [-0.25, -0.2) is 0 Å². The molecule has 1 aliphatic rings. The normalized spacial score (nSPS) is 19.8. The summed E-state index contributed by atoms with van der Waals surface area (Å²) in [5.41, 5.74) is 0.816. The Hall–Kier alpha value is -1.42. The molecule has 2 rings (SSSR count). The van der Waals surface area contributed by atoms with E-state index in [0.29, 0.717) is 12.8 Å². The van der Waals surface area contributed by atoms with Gasteiger partial charge in [-0.15, -0.1) is 0 Å². The number of hydrogen-bond donors (Lipinski definition) is 1. The molecule has 0 spiro atoms. The Morgan fingerprint density at radius 2 is 2.33 bits per heavy atom. The number of aliphatic hydroxyl groups excluding tert-OH is 1. The number of nitrogens with zero attached hydrogens (tertiary/aromatic N) is 2. The summed E-state index contributed by atoms with van der Waals surface area (Å²) in [5, 5.41) is 9.06. The summed E-state index contributed by atoms with van der Waals surface area (Å²) in [7, 11) is 0. The lowest BCUT2D eigenvalue weighted by Crippen LogP contribution is -2.44. The molecule has 18 heavy (non-hydrogen) atoms. The van der Waals surface area contributed by atoms with E-state index in [9.17, 15) is 4.79 Å². The Morgan fingerprint density at radius 3 is 3.06 bits per heavy atom. The van der Waals surface area contributed by atoms with Crippen LogP contribution in [-0.4, -0.2) is 40.1 Å². The molecule has 0 aliphatic carbocycles. The molecular formula is C14H20N2O2. The maximum atomic E-state index is 12.3. The van der Waals surface area contributed by atoms with Gasteiger partial charge in [0.15, 0.2) is 0 Å². The van der Waals surface area contributed by atoms with Crippen molar-refractivity contribution in [1.82, 2.24) is 9.88 Å². The maximum absolute atomic E-state index is 12.3. The van der Waals surface area contributed by atoms with Crippen molar-refractivity contribution in [2.24, 2.45) is 0 Å². The van der Waals surface area contributed by atoms with Crippen LogP contribution in [0.15, 0.2) is 24.4 Å². The minimum atomic E-state index is 0.131. The molecule has 1 saturated heterocycles. The number of likely N-dealkylation sites (tertiary alicyclic amines) is 1. The van der Waals surface area contributed by atoms with E-state index in [1.807, 2.05) is 23.1 Å². The number of pyridine rings is 1. The number of aliphatic hydroxyl groups is 1. The third-order valence-corrected chi connectivity index (χ3v) is 3.47. The molecule has 4 heteroatoms. The molecule has 1 atom stereocenters. The van der Waals surface area contributed by atoms with Gasteiger partial charge in [-0.3, -0.25) is 9.78 Å². The van der Waals surface area contributed by atoms with E-state index in [4.69, 9.17) is 5.11 Å². The summed E-state index contributed by atoms with van der Waals surface area (Å²) in [4.78, 5) is 18.4. The van der Waals surface area contributed by atoms with Crippen molar-refractivity contribution in [3.8, 4) is 0 Å². The summed E-state index contributed by atoms with van der Waals surface area (Å²) in [6.45, 7) is 0.967. The highest BCUT2D eigenvalue weighted by molar-refractivity contribution is 5.78. The Bertz CT molecular complexity index is 379. The second-order valence-electron chi connectivity index (χ2n) is 4.75. The highest BCUT2D eigenvalue weighted by Gasteiger charge is 2.26. The van der Waals surface area contributed by atoms with E-state index in [1.165, 1.54) is 0 Å². The van der Waals surface area contributed by atoms with E-state index in [0.717, 1.165) is 31.5 Å². The molecular weight excluding hydrogens is 228 g/mol. The van der Waals surface area contributed by atoms with Crippen LogP contribution in [0.5, 0.6) is 0 Å². The first-order valence-electron chi connectivity index (χ1n) is 6.61. The summed E-state index contributed by atoms with van der Waals surface area (Å²) in [6, 6.07) is 5.84. The Morgan fingerprint density at radius 1 is 1.44 bits per heavy atom. The topological polar surface area (TPSA) is 53.4 Å². The predicted octanol–water partition coefficient (Wildman–Crippen LogP) is 1.39. The monoisotopic (exact) mass is 248 g/mol. The van der Waals surface area contributed by atoms with Gasteiger partial charge >= 0.3 is 0 Å². The molecule has 0 bridgehead atoms. The number of hydrogen-bond acceptors (Lipinski definition) is 3. The van der Waals surface area contributed by atoms with E-state index >= 15 is 0 Å². The Labute approximate surface area is 108 Å². The molecule has 1 amide bonds. The molecule has 4 nitrogen and oxygen atoms in total. The number of piperidine rings is 1. The number of rotatable bonds is 4. The zero-order valence-electron chi connectivity index (χ0n) is 10.6. The van der Waals surface area contributed by atoms with Gasteiger partial charge in [0.25, 0.3) is 0 Å². The molecule has 0 saturated carbocycles. The molecule has 1 aromatic rings. The fourth-order valence-electron chi connectivity index (χ4n) is 2.54. The van der Waals surface area contributed by atoms with Gasteiger partial charge in [0.2, 0.25) is 5.91 Å². The van der Waals surface area contributed by atoms with Crippen molar-refractivity contribution >= 4 is 5.91 Å². The third-order valence-electron chi connectivity index (χ3n) is 3.47. The molecule has 1 aliphatic heterocycles. The lowest BCUT2D eigenvalue weighted by Gasteiger charge is -2.35. The molecule has 1 fully saturated rings. The first-order chi connectivity index (χ1) is 8.81. The predicted molar refractivity (Wildman–Crippen MR) is 69.0 cm³/mol. The first-order valence-corrected chi connectivity index (χ1v) is 6.61. The Balaban J connectivity index is 1.98. The van der Waals surface area contributed by atoms with Crippen LogP contribution in [0.4, 0.5) is 0 Å². The lowest BCUT2D eigenvalue weighted by atomic mass is 9.99. The van der Waals surface area contributed by atoms with Crippen molar-refractivity contribution in [2.75, 3.05) is 13.2 Å². The highest BCUT2D eigenvalue weighted by atomic mass is 16.3. The average molecular weight is 248 g/mol. The van der Waals surface area contributed by atoms with E-state index < -0.39 is 0 Å². The number of carbonyl (C=O) groups excluding carboxylic acids is 1. The van der Waals surface area contributed by atoms with Gasteiger partial charge in [0.1, 0.15) is 0 Å². The molecule has 0 aromatic carbocycles. The van der Waals surface area contributed by atoms with Crippen LogP contribution in [-0.2, 0) is 11.2 Å². The van der Waals surface area contributed by atoms with Crippen molar-refractivity contribution in [2.45, 2.75) is 38.1 Å². The fourth-order valence-corrected chi connectivity index (χ4v) is 2.54. The lowest BCUT2D eigenvalue weighted by molar-refractivity contribution is -0.134. The van der Waals surface area contributed by atoms with Crippen LogP contribution in [0.3, 0.4) is 0 Å². The van der Waals surface area contributed by atoms with Gasteiger partial charge in [-0.1, -0.05) is 6.07 Å². The van der Waals surface area contributed by atoms with E-state index in [1.54, 1.807) is 6.20 Å². The zero-order valence-corrected chi connectivity index (χ0v) is 10.6. The van der Waals surface area contributed by atoms with Crippen LogP contribution >= 0.6 is 0 Å². The largest absolute Gasteiger partial charge is 0.396 e. The molecule has 98 valence electrons. The minimum absolute atomic E-state index is 0.131. The third kappa shape index (κ3) is 3.29. The van der Waals surface area contributed by atoms with Gasteiger partial charge in [-0.05, 0) is 37.8 Å². The van der Waals surface area contributed by atoms with Gasteiger partial charge in [-0.2, -0.15) is 0 Å². The fraction of sp³-hybridized carbons (Fsp3) is 0.571. The quantitative estimate of drug-likeness (QED) is 0.876. The van der Waals surface area contributed by atoms with E-state index in [2.05, 4.69) is 4.98 Å². The SMILES string of the molecule is O=C(Cc1ccccn1)N1CCCCC1CCO. The summed E-state index contributed by atoms with van der Waals surface area (Å²) >= 11 is 0. The number of carbonyl (C=O) groups is 1. The summed E-state index contributed by atoms with van der Waals surface area (Å²) < 4.78 is 0. The molecule has 0 radical (unpaired) electrons. The van der Waals surface area contributed by atoms with Crippen molar-refractivity contribution in [3.05, 3.63) is 30.1 Å². The second-order valence-corrected chi connectivity index (χ2v) is 4.75. The standard InChI is InChI=1S/C14H20N2O2/c17-10-7-13-6-2-4-9-16(13)14(18)11-12-5-1-3-8-15-12/h1,3,5,8,13,17H,2,4,6-7,9-11H2. The van der Waals surface area contributed by atoms with Gasteiger partial charge in [0, 0.05) is 31.1 Å². The van der Waals surface area contributed by atoms with Crippen LogP contribution < -0.4 is 0 Å². The van der Waals surface area contributed by atoms with Crippen molar-refractivity contribution in [1.29, 1.82) is 0 Å². The van der Waals surface area contributed by atoms with Crippen LogP contribution in [0.1, 0.15) is 31.4 Å². The molecule has 1 N–H and O–H groups in total. The summed E-state index contributed by atoms with van der Waals surface area (Å²) in [5.74, 6) is 0.131. The first kappa shape index (κ1) is 13.0. The van der Waals surface area contributed by atoms with Crippen LogP contribution in [0.25, 0.3) is 0 Å². The van der Waals surface area contributed by atoms with Gasteiger partial charge < -0.3 is 10.0 Å². The maximum Gasteiger partial charge on any atom is 0.228 e. The van der Waals surface area contributed by atoms with Gasteiger partial charge in [0.05, 0.1) is 6.42 Å². The van der Waals surface area contributed by atoms with Crippen LogP contribution in [0.2, 0.25) is 0 Å². The second kappa shape index (κ2) is 6.50.